The Morgan fingerprint density at radius 3 is 2.74 bits per heavy atom. The summed E-state index contributed by atoms with van der Waals surface area (Å²) in [5.41, 5.74) is 11.0. The summed E-state index contributed by atoms with van der Waals surface area (Å²) in [4.78, 5) is 11.8. The number of aromatic nitrogens is 4. The number of ether oxygens (including phenoxy) is 1. The van der Waals surface area contributed by atoms with Gasteiger partial charge in [-0.25, -0.2) is 4.98 Å². The predicted octanol–water partition coefficient (Wildman–Crippen LogP) is 3.29. The van der Waals surface area contributed by atoms with Gasteiger partial charge in [-0.15, -0.1) is 5.10 Å². The van der Waals surface area contributed by atoms with Crippen LogP contribution >= 0.6 is 0 Å². The van der Waals surface area contributed by atoms with E-state index in [4.69, 9.17) is 15.5 Å². The van der Waals surface area contributed by atoms with Crippen LogP contribution in [-0.2, 0) is 4.74 Å². The molecule has 35 heavy (non-hydrogen) atoms. The monoisotopic (exact) mass is 476 g/mol. The van der Waals surface area contributed by atoms with Crippen LogP contribution in [0.1, 0.15) is 44.2 Å². The Kier molecular flexibility index (Phi) is 8.22. The highest BCUT2D eigenvalue weighted by Crippen LogP contribution is 2.23. The molecular weight excluding hydrogens is 440 g/mol. The Balaban J connectivity index is 1.43. The highest BCUT2D eigenvalue weighted by Gasteiger charge is 2.25. The molecule has 3 aromatic heterocycles. The summed E-state index contributed by atoms with van der Waals surface area (Å²) >= 11 is 0. The molecule has 0 bridgehead atoms. The number of nitrogens with two attached hydrogens (primary N) is 1. The molecule has 0 aliphatic carbocycles. The van der Waals surface area contributed by atoms with Crippen molar-refractivity contribution in [2.24, 2.45) is 5.73 Å². The van der Waals surface area contributed by atoms with Crippen molar-refractivity contribution < 1.29 is 4.74 Å². The molecular formula is C26H36N8O. The zero-order valence-electron chi connectivity index (χ0n) is 21.0. The molecule has 0 amide bonds. The van der Waals surface area contributed by atoms with Gasteiger partial charge < -0.3 is 21.1 Å². The first-order valence-corrected chi connectivity index (χ1v) is 12.2. The summed E-state index contributed by atoms with van der Waals surface area (Å²) in [6.07, 6.45) is 7.12. The van der Waals surface area contributed by atoms with Crippen molar-refractivity contribution in [2.75, 3.05) is 38.6 Å². The third-order valence-electron chi connectivity index (χ3n) is 6.27. The maximum absolute atomic E-state index is 6.30. The number of nitrogens with one attached hydrogen (secondary N) is 2. The number of fused-ring (bicyclic) bond motifs is 1. The fourth-order valence-electron chi connectivity index (χ4n) is 4.04. The van der Waals surface area contributed by atoms with Crippen molar-refractivity contribution in [2.45, 2.75) is 45.3 Å². The van der Waals surface area contributed by atoms with E-state index in [1.807, 2.05) is 43.6 Å². The average Bonchev–Trinajstić information content (AvgIpc) is 2.82. The quantitative estimate of drug-likeness (QED) is 0.359. The number of rotatable bonds is 11. The van der Waals surface area contributed by atoms with Gasteiger partial charge in [-0.1, -0.05) is 13.8 Å². The molecule has 1 atom stereocenters. The molecule has 1 unspecified atom stereocenters. The summed E-state index contributed by atoms with van der Waals surface area (Å²) in [5, 5.41) is 15.0. The lowest BCUT2D eigenvalue weighted by molar-refractivity contribution is -0.0292. The molecule has 4 N–H and O–H groups in total. The molecule has 4 heterocycles. The average molecular weight is 477 g/mol. The minimum atomic E-state index is -0.144. The predicted molar refractivity (Wildman–Crippen MR) is 140 cm³/mol. The first-order valence-electron chi connectivity index (χ1n) is 12.2. The Hall–Kier alpha value is -3.14. The number of likely N-dealkylation sites (tertiary alicyclic amines) is 1. The lowest BCUT2D eigenvalue weighted by atomic mass is 10.0. The molecule has 0 spiro atoms. The van der Waals surface area contributed by atoms with Crippen molar-refractivity contribution in [3.63, 3.8) is 0 Å². The molecule has 1 aliphatic rings. The molecule has 1 saturated heterocycles. The van der Waals surface area contributed by atoms with E-state index in [0.29, 0.717) is 23.7 Å². The van der Waals surface area contributed by atoms with E-state index >= 15 is 0 Å². The van der Waals surface area contributed by atoms with Crippen LogP contribution in [-0.4, -0.2) is 70.5 Å². The SMILES string of the molecule is COC1CN(CCCN/C=C(/c2cnc3ccc(Nc4cc(C(C)C)cnn4)nc3c2)C(C)N)C1. The smallest absolute Gasteiger partial charge is 0.154 e. The van der Waals surface area contributed by atoms with Gasteiger partial charge >= 0.3 is 0 Å². The van der Waals surface area contributed by atoms with Gasteiger partial charge in [0.25, 0.3) is 0 Å². The van der Waals surface area contributed by atoms with E-state index in [1.165, 1.54) is 0 Å². The van der Waals surface area contributed by atoms with E-state index < -0.39 is 0 Å². The van der Waals surface area contributed by atoms with Crippen molar-refractivity contribution in [3.8, 4) is 0 Å². The van der Waals surface area contributed by atoms with Gasteiger partial charge in [-0.05, 0) is 54.7 Å². The Morgan fingerprint density at radius 2 is 2.00 bits per heavy atom. The van der Waals surface area contributed by atoms with Crippen LogP contribution in [0.2, 0.25) is 0 Å². The fourth-order valence-corrected chi connectivity index (χ4v) is 4.04. The fraction of sp³-hybridized carbons (Fsp3) is 0.462. The van der Waals surface area contributed by atoms with Gasteiger partial charge in [-0.3, -0.25) is 9.88 Å². The highest BCUT2D eigenvalue weighted by molar-refractivity contribution is 5.81. The van der Waals surface area contributed by atoms with Crippen LogP contribution in [0.4, 0.5) is 11.6 Å². The number of hydrogen-bond donors (Lipinski definition) is 3. The first-order chi connectivity index (χ1) is 16.9. The number of hydrogen-bond acceptors (Lipinski definition) is 9. The van der Waals surface area contributed by atoms with Gasteiger partial charge in [-0.2, -0.15) is 5.10 Å². The number of anilines is 2. The van der Waals surface area contributed by atoms with Crippen molar-refractivity contribution in [1.82, 2.24) is 30.4 Å². The van der Waals surface area contributed by atoms with E-state index in [0.717, 1.165) is 60.3 Å². The normalized spacial score (nSPS) is 15.9. The van der Waals surface area contributed by atoms with Gasteiger partial charge in [0.2, 0.25) is 0 Å². The van der Waals surface area contributed by atoms with Crippen LogP contribution < -0.4 is 16.4 Å². The van der Waals surface area contributed by atoms with Crippen molar-refractivity contribution in [1.29, 1.82) is 0 Å². The molecule has 0 saturated carbocycles. The van der Waals surface area contributed by atoms with E-state index in [2.05, 4.69) is 44.6 Å². The van der Waals surface area contributed by atoms with Gasteiger partial charge in [0.05, 0.1) is 23.3 Å². The molecule has 0 aromatic carbocycles. The number of nitrogens with zero attached hydrogens (tertiary/aromatic N) is 5. The minimum absolute atomic E-state index is 0.144. The van der Waals surface area contributed by atoms with Crippen LogP contribution in [0.3, 0.4) is 0 Å². The van der Waals surface area contributed by atoms with E-state index in [9.17, 15) is 0 Å². The molecule has 1 fully saturated rings. The lowest BCUT2D eigenvalue weighted by Crippen LogP contribution is -2.52. The molecule has 0 radical (unpaired) electrons. The molecule has 1 aliphatic heterocycles. The summed E-state index contributed by atoms with van der Waals surface area (Å²) < 4.78 is 5.33. The van der Waals surface area contributed by atoms with Gasteiger partial charge in [0.1, 0.15) is 5.82 Å². The van der Waals surface area contributed by atoms with Crippen molar-refractivity contribution in [3.05, 3.63) is 54.0 Å². The molecule has 4 rings (SSSR count). The Bertz CT molecular complexity index is 1160. The van der Waals surface area contributed by atoms with Crippen LogP contribution in [0.5, 0.6) is 0 Å². The van der Waals surface area contributed by atoms with Gasteiger partial charge in [0.15, 0.2) is 5.82 Å². The second kappa shape index (κ2) is 11.5. The standard InChI is InChI=1S/C26H36N8O/c1-17(2)19-11-26(33-30-13-19)32-25-7-6-23-24(31-25)10-20(12-29-23)22(18(3)27)14-28-8-5-9-34-15-21(16-34)35-4/h6-7,10-14,17-18,21,28H,5,8-9,15-16,27H2,1-4H3,(H,31,32,33)/b22-14+. The number of methoxy groups -OCH3 is 1. The van der Waals surface area contributed by atoms with E-state index in [1.54, 1.807) is 13.3 Å². The second-order valence-electron chi connectivity index (χ2n) is 9.43. The first kappa shape index (κ1) is 25.0. The molecule has 3 aromatic rings. The third-order valence-corrected chi connectivity index (χ3v) is 6.27. The Morgan fingerprint density at radius 1 is 1.17 bits per heavy atom. The molecule has 9 nitrogen and oxygen atoms in total. The summed E-state index contributed by atoms with van der Waals surface area (Å²) in [7, 11) is 1.78. The largest absolute Gasteiger partial charge is 0.391 e. The topological polar surface area (TPSA) is 114 Å². The maximum atomic E-state index is 6.30. The highest BCUT2D eigenvalue weighted by atomic mass is 16.5. The van der Waals surface area contributed by atoms with Gasteiger partial charge in [0, 0.05) is 57.3 Å². The Labute approximate surface area is 207 Å². The van der Waals surface area contributed by atoms with Crippen molar-refractivity contribution >= 4 is 28.2 Å². The van der Waals surface area contributed by atoms with Crippen LogP contribution in [0, 0.1) is 0 Å². The zero-order chi connectivity index (χ0) is 24.8. The third kappa shape index (κ3) is 6.50. The van der Waals surface area contributed by atoms with Crippen LogP contribution in [0.15, 0.2) is 42.9 Å². The summed E-state index contributed by atoms with van der Waals surface area (Å²) in [6, 6.07) is 7.74. The second-order valence-corrected chi connectivity index (χ2v) is 9.43. The van der Waals surface area contributed by atoms with Crippen LogP contribution in [0.25, 0.3) is 16.6 Å². The molecule has 9 heteroatoms. The van der Waals surface area contributed by atoms with E-state index in [-0.39, 0.29) is 6.04 Å². The molecule has 186 valence electrons. The lowest BCUT2D eigenvalue weighted by Gasteiger charge is -2.38. The summed E-state index contributed by atoms with van der Waals surface area (Å²) in [6.45, 7) is 10.2. The zero-order valence-corrected chi connectivity index (χ0v) is 21.0. The number of pyridine rings is 2. The summed E-state index contributed by atoms with van der Waals surface area (Å²) in [5.74, 6) is 1.74. The maximum Gasteiger partial charge on any atom is 0.154 e. The minimum Gasteiger partial charge on any atom is -0.391 e.